The molecule has 0 atom stereocenters. The summed E-state index contributed by atoms with van der Waals surface area (Å²) in [7, 11) is 0. The van der Waals surface area contributed by atoms with Gasteiger partial charge in [-0.3, -0.25) is 9.59 Å². The van der Waals surface area contributed by atoms with Gasteiger partial charge >= 0.3 is 0 Å². The molecular weight excluding hydrogens is 232 g/mol. The van der Waals surface area contributed by atoms with E-state index in [1.807, 2.05) is 0 Å². The van der Waals surface area contributed by atoms with Gasteiger partial charge in [0.15, 0.2) is 0 Å². The van der Waals surface area contributed by atoms with Crippen molar-refractivity contribution in [3.63, 3.8) is 0 Å². The normalized spacial score (nSPS) is 14.3. The molecule has 0 unspecified atom stereocenters. The maximum atomic E-state index is 11.4. The summed E-state index contributed by atoms with van der Waals surface area (Å²) in [5, 5.41) is 5.51. The van der Waals surface area contributed by atoms with Crippen LogP contribution in [-0.4, -0.2) is 38.1 Å². The third-order valence-electron chi connectivity index (χ3n) is 2.79. The third kappa shape index (κ3) is 8.98. The highest BCUT2D eigenvalue weighted by atomic mass is 16.5. The summed E-state index contributed by atoms with van der Waals surface area (Å²) in [6, 6.07) is 0. The first-order chi connectivity index (χ1) is 8.68. The topological polar surface area (TPSA) is 67.4 Å². The molecule has 1 aliphatic carbocycles. The summed E-state index contributed by atoms with van der Waals surface area (Å²) in [5.41, 5.74) is 0. The maximum absolute atomic E-state index is 11.4. The summed E-state index contributed by atoms with van der Waals surface area (Å²) in [6.45, 7) is 4.31. The van der Waals surface area contributed by atoms with E-state index in [0.717, 1.165) is 25.6 Å². The molecule has 1 aliphatic rings. The lowest BCUT2D eigenvalue weighted by atomic mass is 10.3. The van der Waals surface area contributed by atoms with Crippen LogP contribution in [0, 0.1) is 5.92 Å². The molecule has 5 heteroatoms. The number of amides is 2. The zero-order valence-electron chi connectivity index (χ0n) is 11.2. The maximum Gasteiger partial charge on any atom is 0.220 e. The van der Waals surface area contributed by atoms with Crippen LogP contribution in [0.4, 0.5) is 0 Å². The smallest absolute Gasteiger partial charge is 0.220 e. The van der Waals surface area contributed by atoms with Crippen molar-refractivity contribution in [3.05, 3.63) is 0 Å². The molecule has 2 amide bonds. The van der Waals surface area contributed by atoms with Crippen LogP contribution < -0.4 is 10.6 Å². The van der Waals surface area contributed by atoms with E-state index >= 15 is 0 Å². The predicted molar refractivity (Wildman–Crippen MR) is 69.1 cm³/mol. The van der Waals surface area contributed by atoms with Crippen LogP contribution in [0.25, 0.3) is 0 Å². The van der Waals surface area contributed by atoms with Crippen LogP contribution in [0.2, 0.25) is 0 Å². The van der Waals surface area contributed by atoms with Gasteiger partial charge in [0.25, 0.3) is 0 Å². The van der Waals surface area contributed by atoms with Gasteiger partial charge < -0.3 is 15.4 Å². The van der Waals surface area contributed by atoms with Crippen molar-refractivity contribution in [1.82, 2.24) is 10.6 Å². The van der Waals surface area contributed by atoms with Gasteiger partial charge in [-0.2, -0.15) is 0 Å². The van der Waals surface area contributed by atoms with Crippen LogP contribution in [0.15, 0.2) is 0 Å². The molecule has 0 aromatic heterocycles. The van der Waals surface area contributed by atoms with Gasteiger partial charge in [-0.25, -0.2) is 0 Å². The van der Waals surface area contributed by atoms with Crippen molar-refractivity contribution in [2.45, 2.75) is 39.0 Å². The number of rotatable bonds is 10. The molecular formula is C13H24N2O3. The number of carbonyl (C=O) groups is 2. The van der Waals surface area contributed by atoms with E-state index in [1.165, 1.54) is 19.8 Å². The molecule has 0 radical (unpaired) electrons. The highest BCUT2D eigenvalue weighted by Gasteiger charge is 2.20. The molecule has 104 valence electrons. The first kappa shape index (κ1) is 15.0. The molecule has 0 aliphatic heterocycles. The molecule has 1 saturated carbocycles. The summed E-state index contributed by atoms with van der Waals surface area (Å²) < 4.78 is 5.47. The van der Waals surface area contributed by atoms with Gasteiger partial charge in [0.05, 0.1) is 0 Å². The Bertz CT molecular complexity index is 265. The van der Waals surface area contributed by atoms with Crippen molar-refractivity contribution < 1.29 is 14.3 Å². The third-order valence-corrected chi connectivity index (χ3v) is 2.79. The summed E-state index contributed by atoms with van der Waals surface area (Å²) in [6.07, 6.45) is 4.63. The van der Waals surface area contributed by atoms with Crippen molar-refractivity contribution in [1.29, 1.82) is 0 Å². The monoisotopic (exact) mass is 256 g/mol. The first-order valence-electron chi connectivity index (χ1n) is 6.77. The lowest BCUT2D eigenvalue weighted by Crippen LogP contribution is -2.27. The second-order valence-corrected chi connectivity index (χ2v) is 4.81. The van der Waals surface area contributed by atoms with Crippen LogP contribution >= 0.6 is 0 Å². The molecule has 1 fully saturated rings. The lowest BCUT2D eigenvalue weighted by Gasteiger charge is -2.06. The van der Waals surface area contributed by atoms with E-state index in [4.69, 9.17) is 4.74 Å². The van der Waals surface area contributed by atoms with E-state index in [1.54, 1.807) is 0 Å². The molecule has 0 spiro atoms. The van der Waals surface area contributed by atoms with Crippen LogP contribution in [0.5, 0.6) is 0 Å². The van der Waals surface area contributed by atoms with Crippen LogP contribution in [0.1, 0.15) is 39.0 Å². The van der Waals surface area contributed by atoms with Gasteiger partial charge in [-0.1, -0.05) is 0 Å². The average molecular weight is 256 g/mol. The number of ether oxygens (including phenoxy) is 1. The Morgan fingerprint density at radius 2 is 1.89 bits per heavy atom. The lowest BCUT2D eigenvalue weighted by molar-refractivity contribution is -0.122. The van der Waals surface area contributed by atoms with E-state index in [9.17, 15) is 9.59 Å². The largest absolute Gasteiger partial charge is 0.381 e. The Morgan fingerprint density at radius 3 is 2.56 bits per heavy atom. The molecule has 2 N–H and O–H groups in total. The highest BCUT2D eigenvalue weighted by molar-refractivity contribution is 5.76. The zero-order valence-corrected chi connectivity index (χ0v) is 11.2. The minimum Gasteiger partial charge on any atom is -0.381 e. The standard InChI is InChI=1S/C13H24N2O3/c1-11(16)14-7-2-4-13(17)15-8-3-9-18-10-12-5-6-12/h12H,2-10H2,1H3,(H,14,16)(H,15,17). The Morgan fingerprint density at radius 1 is 1.17 bits per heavy atom. The average Bonchev–Trinajstić information content (AvgIpc) is 3.13. The fourth-order valence-electron chi connectivity index (χ4n) is 1.54. The SMILES string of the molecule is CC(=O)NCCCC(=O)NCCCOCC1CC1. The summed E-state index contributed by atoms with van der Waals surface area (Å²) in [5.74, 6) is 0.791. The van der Waals surface area contributed by atoms with Crippen molar-refractivity contribution >= 4 is 11.8 Å². The van der Waals surface area contributed by atoms with Crippen LogP contribution in [-0.2, 0) is 14.3 Å². The molecule has 0 saturated heterocycles. The molecule has 1 rings (SSSR count). The van der Waals surface area contributed by atoms with Crippen molar-refractivity contribution in [3.8, 4) is 0 Å². The quantitative estimate of drug-likeness (QED) is 0.569. The fourth-order valence-corrected chi connectivity index (χ4v) is 1.54. The number of nitrogens with one attached hydrogen (secondary N) is 2. The molecule has 0 bridgehead atoms. The molecule has 0 heterocycles. The summed E-state index contributed by atoms with van der Waals surface area (Å²) >= 11 is 0. The Kier molecular flexibility index (Phi) is 7.41. The molecule has 0 aromatic carbocycles. The second-order valence-electron chi connectivity index (χ2n) is 4.81. The Labute approximate surface area is 109 Å². The molecule has 0 aromatic rings. The van der Waals surface area contributed by atoms with Gasteiger partial charge in [-0.15, -0.1) is 0 Å². The minimum absolute atomic E-state index is 0.0440. The first-order valence-corrected chi connectivity index (χ1v) is 6.77. The number of hydrogen-bond acceptors (Lipinski definition) is 3. The predicted octanol–water partition coefficient (Wildman–Crippen LogP) is 0.836. The molecule has 5 nitrogen and oxygen atoms in total. The van der Waals surface area contributed by atoms with E-state index < -0.39 is 0 Å². The van der Waals surface area contributed by atoms with Gasteiger partial charge in [0, 0.05) is 39.6 Å². The second kappa shape index (κ2) is 8.91. The van der Waals surface area contributed by atoms with Gasteiger partial charge in [-0.05, 0) is 31.6 Å². The van der Waals surface area contributed by atoms with E-state index in [-0.39, 0.29) is 11.8 Å². The minimum atomic E-state index is -0.0526. The van der Waals surface area contributed by atoms with E-state index in [2.05, 4.69) is 10.6 Å². The number of hydrogen-bond donors (Lipinski definition) is 2. The van der Waals surface area contributed by atoms with E-state index in [0.29, 0.717) is 25.9 Å². The van der Waals surface area contributed by atoms with Crippen LogP contribution in [0.3, 0.4) is 0 Å². The Hall–Kier alpha value is -1.10. The van der Waals surface area contributed by atoms with Gasteiger partial charge in [0.2, 0.25) is 11.8 Å². The summed E-state index contributed by atoms with van der Waals surface area (Å²) in [4.78, 5) is 22.0. The molecule has 18 heavy (non-hydrogen) atoms. The van der Waals surface area contributed by atoms with Crippen molar-refractivity contribution in [2.24, 2.45) is 5.92 Å². The van der Waals surface area contributed by atoms with Crippen molar-refractivity contribution in [2.75, 3.05) is 26.3 Å². The highest BCUT2D eigenvalue weighted by Crippen LogP contribution is 2.28. The zero-order chi connectivity index (χ0) is 13.2. The number of carbonyl (C=O) groups excluding carboxylic acids is 2. The van der Waals surface area contributed by atoms with Gasteiger partial charge in [0.1, 0.15) is 0 Å². The Balaban J connectivity index is 1.79. The fraction of sp³-hybridized carbons (Fsp3) is 0.846.